The van der Waals surface area contributed by atoms with E-state index in [1.54, 1.807) is 52.1 Å². The van der Waals surface area contributed by atoms with Crippen LogP contribution in [-0.4, -0.2) is 58.8 Å². The zero-order valence-corrected chi connectivity index (χ0v) is 24.5. The molecule has 3 N–H and O–H groups in total. The third-order valence-electron chi connectivity index (χ3n) is 6.52. The molecule has 2 rings (SSSR count). The highest BCUT2D eigenvalue weighted by molar-refractivity contribution is 5.99. The van der Waals surface area contributed by atoms with Crippen LogP contribution in [0.5, 0.6) is 5.75 Å². The molecule has 0 saturated heterocycles. The summed E-state index contributed by atoms with van der Waals surface area (Å²) in [6.07, 6.45) is -0.337. The first-order valence-corrected chi connectivity index (χ1v) is 13.1. The van der Waals surface area contributed by atoms with E-state index in [1.165, 1.54) is 4.90 Å². The van der Waals surface area contributed by atoms with Crippen molar-refractivity contribution in [3.8, 4) is 5.75 Å². The number of aliphatic hydroxyl groups excluding tert-OH is 1. The summed E-state index contributed by atoms with van der Waals surface area (Å²) in [5.74, 6) is -0.398. The highest BCUT2D eigenvalue weighted by Gasteiger charge is 2.43. The quantitative estimate of drug-likeness (QED) is 0.394. The zero-order valence-electron chi connectivity index (χ0n) is 24.5. The van der Waals surface area contributed by atoms with Crippen molar-refractivity contribution in [2.24, 2.45) is 0 Å². The number of aryl methyl sites for hydroxylation is 2. The fourth-order valence-electron chi connectivity index (χ4n) is 4.09. The van der Waals surface area contributed by atoms with Gasteiger partial charge in [0.05, 0.1) is 13.7 Å². The van der Waals surface area contributed by atoms with Crippen LogP contribution in [0.1, 0.15) is 70.7 Å². The van der Waals surface area contributed by atoms with Crippen LogP contribution in [0.15, 0.2) is 42.5 Å². The van der Waals surface area contributed by atoms with E-state index in [4.69, 9.17) is 9.47 Å². The van der Waals surface area contributed by atoms with Gasteiger partial charge < -0.3 is 30.1 Å². The summed E-state index contributed by atoms with van der Waals surface area (Å²) in [5.41, 5.74) is 1.28. The van der Waals surface area contributed by atoms with E-state index in [1.807, 2.05) is 52.8 Å². The average molecular weight is 542 g/mol. The highest BCUT2D eigenvalue weighted by Crippen LogP contribution is 2.35. The number of rotatable bonds is 10. The number of anilines is 1. The molecule has 0 spiro atoms. The van der Waals surface area contributed by atoms with Gasteiger partial charge in [0.25, 0.3) is 5.91 Å². The van der Waals surface area contributed by atoms with Crippen LogP contribution in [0.2, 0.25) is 0 Å². The Morgan fingerprint density at radius 2 is 1.62 bits per heavy atom. The number of ether oxygens (including phenoxy) is 2. The molecule has 2 atom stereocenters. The minimum atomic E-state index is -1.33. The lowest BCUT2D eigenvalue weighted by molar-refractivity contribution is -0.148. The average Bonchev–Trinajstić information content (AvgIpc) is 2.86. The lowest BCUT2D eigenvalue weighted by atomic mass is 9.89. The minimum Gasteiger partial charge on any atom is -0.497 e. The zero-order chi connectivity index (χ0) is 29.5. The Morgan fingerprint density at radius 1 is 1.00 bits per heavy atom. The third-order valence-corrected chi connectivity index (χ3v) is 6.52. The Hall–Kier alpha value is -3.59. The van der Waals surface area contributed by atoms with Crippen molar-refractivity contribution in [1.82, 2.24) is 10.2 Å². The first kappa shape index (κ1) is 31.6. The maximum absolute atomic E-state index is 14.1. The summed E-state index contributed by atoms with van der Waals surface area (Å²) >= 11 is 0. The van der Waals surface area contributed by atoms with Gasteiger partial charge in [0.1, 0.15) is 23.4 Å². The van der Waals surface area contributed by atoms with Crippen LogP contribution in [0.4, 0.5) is 10.5 Å². The van der Waals surface area contributed by atoms with Gasteiger partial charge in [-0.2, -0.15) is 0 Å². The van der Waals surface area contributed by atoms with E-state index in [9.17, 15) is 19.5 Å². The fourth-order valence-corrected chi connectivity index (χ4v) is 4.09. The molecule has 0 bridgehead atoms. The number of hydrogen-bond acceptors (Lipinski definition) is 6. The van der Waals surface area contributed by atoms with Crippen molar-refractivity contribution in [3.05, 3.63) is 59.2 Å². The number of benzene rings is 2. The van der Waals surface area contributed by atoms with Crippen molar-refractivity contribution >= 4 is 23.6 Å². The molecule has 2 unspecified atom stereocenters. The van der Waals surface area contributed by atoms with Gasteiger partial charge in [-0.25, -0.2) is 4.79 Å². The van der Waals surface area contributed by atoms with Gasteiger partial charge in [0.15, 0.2) is 0 Å². The molecule has 9 heteroatoms. The topological polar surface area (TPSA) is 117 Å². The SMILES string of the molecule is CCC(C)(C)N(C(=O)C(CO)NC(=O)OC(C)(C)C)C(C(=O)Nc1ccc(OC)cc1)c1cc(C)ccc1C. The standard InChI is InChI=1S/C30H43N3O6/c1-10-30(7,8)33(27(36)24(18-34)32-28(37)39-29(4,5)6)25(23-17-19(2)11-12-20(23)3)26(35)31-21-13-15-22(38-9)16-14-21/h11-17,24-25,34H,10,18H2,1-9H3,(H,31,35)(H,32,37). The van der Waals surface area contributed by atoms with Crippen LogP contribution in [0.3, 0.4) is 0 Å². The van der Waals surface area contributed by atoms with E-state index in [2.05, 4.69) is 10.6 Å². The van der Waals surface area contributed by atoms with Gasteiger partial charge in [-0.05, 0) is 90.3 Å². The Kier molecular flexibility index (Phi) is 10.5. The summed E-state index contributed by atoms with van der Waals surface area (Å²) in [6.45, 7) is 13.9. The van der Waals surface area contributed by atoms with Crippen molar-refractivity contribution in [2.45, 2.75) is 85.0 Å². The number of carbonyl (C=O) groups is 3. The molecule has 39 heavy (non-hydrogen) atoms. The second-order valence-corrected chi connectivity index (χ2v) is 11.2. The molecule has 2 aromatic rings. The van der Waals surface area contributed by atoms with Crippen molar-refractivity contribution in [2.75, 3.05) is 19.0 Å². The van der Waals surface area contributed by atoms with Crippen LogP contribution in [0, 0.1) is 13.8 Å². The number of alkyl carbamates (subject to hydrolysis) is 1. The van der Waals surface area contributed by atoms with Crippen molar-refractivity contribution < 1.29 is 29.0 Å². The van der Waals surface area contributed by atoms with E-state index in [0.717, 1.165) is 11.1 Å². The van der Waals surface area contributed by atoms with Crippen molar-refractivity contribution in [3.63, 3.8) is 0 Å². The maximum atomic E-state index is 14.1. The largest absolute Gasteiger partial charge is 0.497 e. The number of nitrogens with zero attached hydrogens (tertiary/aromatic N) is 1. The number of amides is 3. The molecule has 0 aliphatic heterocycles. The number of carbonyl (C=O) groups excluding carboxylic acids is 3. The molecule has 0 radical (unpaired) electrons. The van der Waals surface area contributed by atoms with E-state index < -0.39 is 47.7 Å². The molecular formula is C30H43N3O6. The molecule has 3 amide bonds. The number of hydrogen-bond donors (Lipinski definition) is 3. The van der Waals surface area contributed by atoms with Gasteiger partial charge >= 0.3 is 6.09 Å². The smallest absolute Gasteiger partial charge is 0.408 e. The third kappa shape index (κ3) is 8.45. The molecule has 2 aromatic carbocycles. The fraction of sp³-hybridized carbons (Fsp3) is 0.500. The first-order valence-electron chi connectivity index (χ1n) is 13.1. The molecule has 0 aliphatic carbocycles. The van der Waals surface area contributed by atoms with Crippen LogP contribution in [-0.2, 0) is 14.3 Å². The summed E-state index contributed by atoms with van der Waals surface area (Å²) in [5, 5.41) is 15.6. The second-order valence-electron chi connectivity index (χ2n) is 11.2. The molecule has 0 fully saturated rings. The maximum Gasteiger partial charge on any atom is 0.408 e. The van der Waals surface area contributed by atoms with Gasteiger partial charge in [0, 0.05) is 11.2 Å². The van der Waals surface area contributed by atoms with E-state index in [-0.39, 0.29) is 0 Å². The predicted molar refractivity (Wildman–Crippen MR) is 152 cm³/mol. The summed E-state index contributed by atoms with van der Waals surface area (Å²) < 4.78 is 10.5. The molecule has 214 valence electrons. The normalized spacial score (nSPS) is 13.2. The molecule has 0 aliphatic rings. The Morgan fingerprint density at radius 3 is 2.13 bits per heavy atom. The van der Waals surface area contributed by atoms with Gasteiger partial charge in [-0.1, -0.05) is 30.7 Å². The second kappa shape index (κ2) is 13.0. The minimum absolute atomic E-state index is 0.433. The lowest BCUT2D eigenvalue weighted by Gasteiger charge is -2.44. The number of nitrogens with one attached hydrogen (secondary N) is 2. The van der Waals surface area contributed by atoms with E-state index >= 15 is 0 Å². The Balaban J connectivity index is 2.62. The predicted octanol–water partition coefficient (Wildman–Crippen LogP) is 4.89. The van der Waals surface area contributed by atoms with Gasteiger partial charge in [-0.15, -0.1) is 0 Å². The molecule has 0 aromatic heterocycles. The molecule has 0 heterocycles. The number of aliphatic hydroxyl groups is 1. The van der Waals surface area contributed by atoms with Crippen LogP contribution < -0.4 is 15.4 Å². The molecular weight excluding hydrogens is 498 g/mol. The Bertz CT molecular complexity index is 1150. The molecule has 0 saturated carbocycles. The monoisotopic (exact) mass is 541 g/mol. The summed E-state index contributed by atoms with van der Waals surface area (Å²) in [4.78, 5) is 42.2. The summed E-state index contributed by atoms with van der Waals surface area (Å²) in [6, 6.07) is 10.2. The van der Waals surface area contributed by atoms with Crippen LogP contribution in [0.25, 0.3) is 0 Å². The van der Waals surface area contributed by atoms with E-state index in [0.29, 0.717) is 23.4 Å². The Labute approximate surface area is 231 Å². The summed E-state index contributed by atoms with van der Waals surface area (Å²) in [7, 11) is 1.56. The number of methoxy groups -OCH3 is 1. The highest BCUT2D eigenvalue weighted by atomic mass is 16.6. The van der Waals surface area contributed by atoms with Gasteiger partial charge in [0.2, 0.25) is 5.91 Å². The van der Waals surface area contributed by atoms with Crippen LogP contribution >= 0.6 is 0 Å². The van der Waals surface area contributed by atoms with Crippen molar-refractivity contribution in [1.29, 1.82) is 0 Å². The van der Waals surface area contributed by atoms with Gasteiger partial charge in [-0.3, -0.25) is 9.59 Å². The first-order chi connectivity index (χ1) is 18.1. The molecule has 9 nitrogen and oxygen atoms in total. The lowest BCUT2D eigenvalue weighted by Crippen LogP contribution is -2.59.